The second kappa shape index (κ2) is 8.58. The van der Waals surface area contributed by atoms with E-state index in [0.717, 1.165) is 29.9 Å². The number of rotatable bonds is 6. The molecule has 0 fully saturated rings. The summed E-state index contributed by atoms with van der Waals surface area (Å²) in [6.45, 7) is 5.46. The lowest BCUT2D eigenvalue weighted by Gasteiger charge is -2.09. The molecule has 1 rings (SSSR count). The summed E-state index contributed by atoms with van der Waals surface area (Å²) in [5.41, 5.74) is 1.86. The first kappa shape index (κ1) is 15.6. The van der Waals surface area contributed by atoms with Gasteiger partial charge in [-0.25, -0.2) is 0 Å². The predicted molar refractivity (Wildman–Crippen MR) is 76.1 cm³/mol. The Morgan fingerprint density at radius 1 is 1.32 bits per heavy atom. The largest absolute Gasteiger partial charge is 0.497 e. The molecule has 0 unspecified atom stereocenters. The van der Waals surface area contributed by atoms with Crippen molar-refractivity contribution in [2.75, 3.05) is 20.3 Å². The minimum Gasteiger partial charge on any atom is -0.497 e. The molecule has 3 nitrogen and oxygen atoms in total. The maximum absolute atomic E-state index is 8.76. The molecule has 1 aromatic rings. The fourth-order valence-corrected chi connectivity index (χ4v) is 1.57. The highest BCUT2D eigenvalue weighted by Crippen LogP contribution is 2.18. The van der Waals surface area contributed by atoms with Crippen molar-refractivity contribution in [1.82, 2.24) is 0 Å². The quantitative estimate of drug-likeness (QED) is 0.632. The number of benzene rings is 1. The van der Waals surface area contributed by atoms with E-state index in [2.05, 4.69) is 25.7 Å². The van der Waals surface area contributed by atoms with Crippen LogP contribution in [0, 0.1) is 17.8 Å². The van der Waals surface area contributed by atoms with Gasteiger partial charge < -0.3 is 14.6 Å². The molecule has 0 amide bonds. The van der Waals surface area contributed by atoms with Crippen molar-refractivity contribution in [3.63, 3.8) is 0 Å². The minimum atomic E-state index is -0.139. The average molecular weight is 262 g/mol. The van der Waals surface area contributed by atoms with Crippen LogP contribution in [0.1, 0.15) is 31.4 Å². The molecule has 104 valence electrons. The monoisotopic (exact) mass is 262 g/mol. The lowest BCUT2D eigenvalue weighted by Crippen LogP contribution is -2.01. The van der Waals surface area contributed by atoms with Gasteiger partial charge in [-0.2, -0.15) is 0 Å². The highest BCUT2D eigenvalue weighted by atomic mass is 16.5. The maximum atomic E-state index is 8.76. The van der Waals surface area contributed by atoms with Crippen molar-refractivity contribution in [1.29, 1.82) is 0 Å². The van der Waals surface area contributed by atoms with Crippen molar-refractivity contribution in [3.8, 4) is 17.6 Å². The normalized spacial score (nSPS) is 10.2. The summed E-state index contributed by atoms with van der Waals surface area (Å²) in [6, 6.07) is 5.68. The number of aliphatic hydroxyl groups is 1. The third-order valence-corrected chi connectivity index (χ3v) is 2.71. The summed E-state index contributed by atoms with van der Waals surface area (Å²) in [5, 5.41) is 8.76. The summed E-state index contributed by atoms with van der Waals surface area (Å²) in [5.74, 6) is 7.02. The van der Waals surface area contributed by atoms with Crippen LogP contribution in [0.4, 0.5) is 0 Å². The van der Waals surface area contributed by atoms with Crippen molar-refractivity contribution >= 4 is 0 Å². The van der Waals surface area contributed by atoms with E-state index < -0.39 is 0 Å². The summed E-state index contributed by atoms with van der Waals surface area (Å²) in [4.78, 5) is 0. The molecule has 1 aromatic carbocycles. The van der Waals surface area contributed by atoms with E-state index in [4.69, 9.17) is 14.6 Å². The van der Waals surface area contributed by atoms with Crippen LogP contribution in [0.2, 0.25) is 0 Å². The van der Waals surface area contributed by atoms with Gasteiger partial charge in [-0.15, -0.1) is 0 Å². The van der Waals surface area contributed by atoms with Crippen molar-refractivity contribution in [2.45, 2.75) is 26.9 Å². The maximum Gasteiger partial charge on any atom is 0.119 e. The van der Waals surface area contributed by atoms with Gasteiger partial charge in [-0.3, -0.25) is 0 Å². The first-order chi connectivity index (χ1) is 9.17. The molecule has 0 atom stereocenters. The molecule has 1 N–H and O–H groups in total. The Labute approximate surface area is 115 Å². The van der Waals surface area contributed by atoms with Gasteiger partial charge in [-0.1, -0.05) is 25.7 Å². The van der Waals surface area contributed by atoms with Crippen LogP contribution in [-0.4, -0.2) is 25.4 Å². The zero-order chi connectivity index (χ0) is 14.1. The van der Waals surface area contributed by atoms with Crippen LogP contribution >= 0.6 is 0 Å². The molecule has 0 radical (unpaired) electrons. The van der Waals surface area contributed by atoms with Gasteiger partial charge in [-0.05, 0) is 36.1 Å². The van der Waals surface area contributed by atoms with Gasteiger partial charge in [0, 0.05) is 12.2 Å². The Balaban J connectivity index is 2.71. The van der Waals surface area contributed by atoms with Crippen LogP contribution in [-0.2, 0) is 11.3 Å². The molecule has 0 aliphatic carbocycles. The highest BCUT2D eigenvalue weighted by Gasteiger charge is 2.03. The van der Waals surface area contributed by atoms with E-state index >= 15 is 0 Å². The fourth-order valence-electron chi connectivity index (χ4n) is 1.57. The van der Waals surface area contributed by atoms with Crippen molar-refractivity contribution < 1.29 is 14.6 Å². The molecule has 0 saturated heterocycles. The lowest BCUT2D eigenvalue weighted by atomic mass is 10.1. The number of hydrogen-bond acceptors (Lipinski definition) is 3. The number of methoxy groups -OCH3 is 1. The Kier molecular flexibility index (Phi) is 7.02. The average Bonchev–Trinajstić information content (AvgIpc) is 2.41. The molecule has 3 heteroatoms. The number of aliphatic hydroxyl groups excluding tert-OH is 1. The molecule has 0 heterocycles. The molecule has 0 aliphatic rings. The van der Waals surface area contributed by atoms with Crippen LogP contribution < -0.4 is 4.74 Å². The Morgan fingerprint density at radius 3 is 2.74 bits per heavy atom. The molecule has 0 aliphatic heterocycles. The Morgan fingerprint density at radius 2 is 2.11 bits per heavy atom. The standard InChI is InChI=1S/C16H22O3/c1-13(2)8-10-19-12-15-11-16(18-3)7-6-14(15)5-4-9-17/h6-7,11,13,17H,8-10,12H2,1-3H3. The summed E-state index contributed by atoms with van der Waals surface area (Å²) >= 11 is 0. The van der Waals surface area contributed by atoms with Crippen molar-refractivity contribution in [3.05, 3.63) is 29.3 Å². The lowest BCUT2D eigenvalue weighted by molar-refractivity contribution is 0.110. The first-order valence-corrected chi connectivity index (χ1v) is 6.51. The van der Waals surface area contributed by atoms with Gasteiger partial charge in [0.05, 0.1) is 13.7 Å². The second-order valence-corrected chi connectivity index (χ2v) is 4.72. The molecule has 19 heavy (non-hydrogen) atoms. The van der Waals surface area contributed by atoms with Crippen LogP contribution in [0.5, 0.6) is 5.75 Å². The van der Waals surface area contributed by atoms with E-state index in [1.165, 1.54) is 0 Å². The Bertz CT molecular complexity index is 441. The molecule has 0 spiro atoms. The zero-order valence-corrected chi connectivity index (χ0v) is 11.9. The van der Waals surface area contributed by atoms with E-state index in [-0.39, 0.29) is 6.61 Å². The van der Waals surface area contributed by atoms with E-state index in [1.54, 1.807) is 7.11 Å². The van der Waals surface area contributed by atoms with Crippen LogP contribution in [0.25, 0.3) is 0 Å². The van der Waals surface area contributed by atoms with Gasteiger partial charge in [0.25, 0.3) is 0 Å². The van der Waals surface area contributed by atoms with Gasteiger partial charge in [0.2, 0.25) is 0 Å². The second-order valence-electron chi connectivity index (χ2n) is 4.72. The van der Waals surface area contributed by atoms with Gasteiger partial charge in [0.1, 0.15) is 12.4 Å². The molecular formula is C16H22O3. The topological polar surface area (TPSA) is 38.7 Å². The SMILES string of the molecule is COc1ccc(C#CCO)c(COCCC(C)C)c1. The summed E-state index contributed by atoms with van der Waals surface area (Å²) in [6.07, 6.45) is 1.04. The highest BCUT2D eigenvalue weighted by molar-refractivity contribution is 5.45. The number of hydrogen-bond donors (Lipinski definition) is 1. The summed E-state index contributed by atoms with van der Waals surface area (Å²) < 4.78 is 10.9. The Hall–Kier alpha value is -1.50. The van der Waals surface area contributed by atoms with Gasteiger partial charge in [0.15, 0.2) is 0 Å². The third-order valence-electron chi connectivity index (χ3n) is 2.71. The minimum absolute atomic E-state index is 0.139. The number of ether oxygens (including phenoxy) is 2. The zero-order valence-electron chi connectivity index (χ0n) is 11.9. The molecular weight excluding hydrogens is 240 g/mol. The van der Waals surface area contributed by atoms with Gasteiger partial charge >= 0.3 is 0 Å². The summed E-state index contributed by atoms with van der Waals surface area (Å²) in [7, 11) is 1.64. The van der Waals surface area contributed by atoms with Crippen LogP contribution in [0.3, 0.4) is 0 Å². The van der Waals surface area contributed by atoms with E-state index in [1.807, 2.05) is 18.2 Å². The molecule has 0 bridgehead atoms. The van der Waals surface area contributed by atoms with E-state index in [9.17, 15) is 0 Å². The van der Waals surface area contributed by atoms with E-state index in [0.29, 0.717) is 12.5 Å². The third kappa shape index (κ3) is 5.78. The fraction of sp³-hybridized carbons (Fsp3) is 0.500. The molecule has 0 saturated carbocycles. The van der Waals surface area contributed by atoms with Crippen LogP contribution in [0.15, 0.2) is 18.2 Å². The smallest absolute Gasteiger partial charge is 0.119 e. The van der Waals surface area contributed by atoms with Crippen molar-refractivity contribution in [2.24, 2.45) is 5.92 Å². The first-order valence-electron chi connectivity index (χ1n) is 6.51. The molecule has 0 aromatic heterocycles. The predicted octanol–water partition coefficient (Wildman–Crippen LogP) is 2.60.